The number of carbonyl (C=O) groups is 1. The number of pyridine rings is 2. The molecule has 3 rings (SSSR count). The third kappa shape index (κ3) is 3.53. The van der Waals surface area contributed by atoms with Crippen molar-refractivity contribution in [1.82, 2.24) is 9.97 Å². The first-order chi connectivity index (χ1) is 10.3. The quantitative estimate of drug-likeness (QED) is 0.907. The maximum Gasteiger partial charge on any atom is 0.250 e. The van der Waals surface area contributed by atoms with Crippen molar-refractivity contribution in [2.24, 2.45) is 0 Å². The maximum atomic E-state index is 11.9. The monoisotopic (exact) mass is 287 g/mol. The van der Waals surface area contributed by atoms with E-state index in [1.54, 1.807) is 18.5 Å². The standard InChI is InChI=1S/C15H17N3O3/c19-14(10-20-9-11-3-2-8-21-11)18-13-5-7-16-12-4-1-6-17-15(12)13/h1,4-7,11H,2-3,8-10H2,(H,16,18,19). The third-order valence-electron chi connectivity index (χ3n) is 3.33. The average molecular weight is 287 g/mol. The lowest BCUT2D eigenvalue weighted by Crippen LogP contribution is -2.22. The van der Waals surface area contributed by atoms with Gasteiger partial charge in [0.15, 0.2) is 0 Å². The maximum absolute atomic E-state index is 11.9. The number of aromatic nitrogens is 2. The largest absolute Gasteiger partial charge is 0.376 e. The molecule has 6 heteroatoms. The van der Waals surface area contributed by atoms with Gasteiger partial charge in [0, 0.05) is 19.0 Å². The minimum absolute atomic E-state index is 0.0104. The number of anilines is 1. The predicted octanol–water partition coefficient (Wildman–Crippen LogP) is 1.76. The first kappa shape index (κ1) is 13.9. The zero-order valence-electron chi connectivity index (χ0n) is 11.6. The molecule has 1 fully saturated rings. The van der Waals surface area contributed by atoms with Crippen molar-refractivity contribution in [3.63, 3.8) is 0 Å². The highest BCUT2D eigenvalue weighted by molar-refractivity contribution is 5.99. The summed E-state index contributed by atoms with van der Waals surface area (Å²) in [5.74, 6) is -0.203. The van der Waals surface area contributed by atoms with Crippen molar-refractivity contribution in [1.29, 1.82) is 0 Å². The fourth-order valence-corrected chi connectivity index (χ4v) is 2.33. The van der Waals surface area contributed by atoms with Gasteiger partial charge < -0.3 is 14.8 Å². The van der Waals surface area contributed by atoms with Crippen LogP contribution in [0.2, 0.25) is 0 Å². The Hall–Kier alpha value is -2.05. The van der Waals surface area contributed by atoms with Crippen LogP contribution in [0, 0.1) is 0 Å². The molecular formula is C15H17N3O3. The molecule has 1 atom stereocenters. The Kier molecular flexibility index (Phi) is 4.37. The van der Waals surface area contributed by atoms with Crippen LogP contribution in [0.25, 0.3) is 11.0 Å². The summed E-state index contributed by atoms with van der Waals surface area (Å²) in [6.07, 6.45) is 5.51. The summed E-state index contributed by atoms with van der Waals surface area (Å²) in [6, 6.07) is 5.39. The van der Waals surface area contributed by atoms with E-state index in [1.807, 2.05) is 12.1 Å². The highest BCUT2D eigenvalue weighted by Gasteiger charge is 2.16. The second kappa shape index (κ2) is 6.60. The Morgan fingerprint density at radius 2 is 2.33 bits per heavy atom. The molecule has 3 heterocycles. The van der Waals surface area contributed by atoms with Crippen molar-refractivity contribution in [3.05, 3.63) is 30.6 Å². The third-order valence-corrected chi connectivity index (χ3v) is 3.33. The van der Waals surface area contributed by atoms with Gasteiger partial charge in [0.25, 0.3) is 0 Å². The summed E-state index contributed by atoms with van der Waals surface area (Å²) in [7, 11) is 0. The topological polar surface area (TPSA) is 73.3 Å². The Balaban J connectivity index is 1.56. The van der Waals surface area contributed by atoms with Gasteiger partial charge in [-0.1, -0.05) is 0 Å². The van der Waals surface area contributed by atoms with E-state index in [4.69, 9.17) is 9.47 Å². The summed E-state index contributed by atoms with van der Waals surface area (Å²) in [6.45, 7) is 1.26. The Labute approximate surface area is 122 Å². The van der Waals surface area contributed by atoms with Crippen LogP contribution in [-0.2, 0) is 14.3 Å². The molecule has 2 aromatic rings. The SMILES string of the molecule is O=C(COCC1CCCO1)Nc1ccnc2cccnc12. The van der Waals surface area contributed by atoms with Crippen molar-refractivity contribution < 1.29 is 14.3 Å². The van der Waals surface area contributed by atoms with Crippen molar-refractivity contribution >= 4 is 22.6 Å². The highest BCUT2D eigenvalue weighted by Crippen LogP contribution is 2.18. The van der Waals surface area contributed by atoms with Crippen LogP contribution in [0.3, 0.4) is 0 Å². The van der Waals surface area contributed by atoms with Crippen LogP contribution < -0.4 is 5.32 Å². The van der Waals surface area contributed by atoms with Gasteiger partial charge in [0.2, 0.25) is 5.91 Å². The number of hydrogen-bond acceptors (Lipinski definition) is 5. The zero-order valence-corrected chi connectivity index (χ0v) is 11.6. The Morgan fingerprint density at radius 1 is 1.38 bits per heavy atom. The molecule has 0 aliphatic carbocycles. The second-order valence-corrected chi connectivity index (χ2v) is 4.93. The van der Waals surface area contributed by atoms with Gasteiger partial charge >= 0.3 is 0 Å². The number of nitrogens with zero attached hydrogens (tertiary/aromatic N) is 2. The molecule has 1 aliphatic heterocycles. The number of carbonyl (C=O) groups excluding carboxylic acids is 1. The van der Waals surface area contributed by atoms with E-state index in [1.165, 1.54) is 0 Å². The first-order valence-corrected chi connectivity index (χ1v) is 7.02. The molecular weight excluding hydrogens is 270 g/mol. The fourth-order valence-electron chi connectivity index (χ4n) is 2.33. The number of amides is 1. The van der Waals surface area contributed by atoms with Gasteiger partial charge in [0.05, 0.1) is 23.9 Å². The van der Waals surface area contributed by atoms with E-state index in [2.05, 4.69) is 15.3 Å². The lowest BCUT2D eigenvalue weighted by molar-refractivity contribution is -0.121. The minimum atomic E-state index is -0.203. The van der Waals surface area contributed by atoms with Crippen LogP contribution >= 0.6 is 0 Å². The summed E-state index contributed by atoms with van der Waals surface area (Å²) < 4.78 is 10.8. The number of rotatable bonds is 5. The number of ether oxygens (including phenoxy) is 2. The van der Waals surface area contributed by atoms with Crippen LogP contribution in [-0.4, -0.2) is 41.8 Å². The molecule has 2 aromatic heterocycles. The number of hydrogen-bond donors (Lipinski definition) is 1. The van der Waals surface area contributed by atoms with Crippen molar-refractivity contribution in [3.8, 4) is 0 Å². The zero-order chi connectivity index (χ0) is 14.5. The fraction of sp³-hybridized carbons (Fsp3) is 0.400. The molecule has 0 radical (unpaired) electrons. The minimum Gasteiger partial charge on any atom is -0.376 e. The van der Waals surface area contributed by atoms with Gasteiger partial charge in [-0.05, 0) is 31.0 Å². The molecule has 0 saturated carbocycles. The molecule has 6 nitrogen and oxygen atoms in total. The molecule has 1 amide bonds. The molecule has 0 bridgehead atoms. The highest BCUT2D eigenvalue weighted by atomic mass is 16.5. The molecule has 1 saturated heterocycles. The lowest BCUT2D eigenvalue weighted by atomic mass is 10.2. The molecule has 0 aromatic carbocycles. The van der Waals surface area contributed by atoms with E-state index < -0.39 is 0 Å². The van der Waals surface area contributed by atoms with Gasteiger partial charge in [-0.15, -0.1) is 0 Å². The lowest BCUT2D eigenvalue weighted by Gasteiger charge is -2.11. The summed E-state index contributed by atoms with van der Waals surface area (Å²) >= 11 is 0. The Bertz CT molecular complexity index is 621. The molecule has 1 N–H and O–H groups in total. The van der Waals surface area contributed by atoms with Gasteiger partial charge in [-0.3, -0.25) is 14.8 Å². The smallest absolute Gasteiger partial charge is 0.250 e. The van der Waals surface area contributed by atoms with E-state index in [0.717, 1.165) is 25.0 Å². The average Bonchev–Trinajstić information content (AvgIpc) is 3.01. The molecule has 1 unspecified atom stereocenters. The number of nitrogens with one attached hydrogen (secondary N) is 1. The van der Waals surface area contributed by atoms with Crippen LogP contribution in [0.5, 0.6) is 0 Å². The molecule has 0 spiro atoms. The van der Waals surface area contributed by atoms with Gasteiger partial charge in [-0.25, -0.2) is 0 Å². The molecule has 21 heavy (non-hydrogen) atoms. The molecule has 110 valence electrons. The second-order valence-electron chi connectivity index (χ2n) is 4.93. The van der Waals surface area contributed by atoms with Gasteiger partial charge in [-0.2, -0.15) is 0 Å². The molecule has 1 aliphatic rings. The number of fused-ring (bicyclic) bond motifs is 1. The summed E-state index contributed by atoms with van der Waals surface area (Å²) in [5.41, 5.74) is 2.06. The predicted molar refractivity (Wildman–Crippen MR) is 78.0 cm³/mol. The van der Waals surface area contributed by atoms with Crippen LogP contribution in [0.15, 0.2) is 30.6 Å². The Morgan fingerprint density at radius 3 is 3.19 bits per heavy atom. The van der Waals surface area contributed by atoms with Gasteiger partial charge in [0.1, 0.15) is 12.1 Å². The van der Waals surface area contributed by atoms with E-state index in [0.29, 0.717) is 17.8 Å². The first-order valence-electron chi connectivity index (χ1n) is 7.02. The summed E-state index contributed by atoms with van der Waals surface area (Å²) in [5, 5.41) is 2.80. The van der Waals surface area contributed by atoms with Crippen molar-refractivity contribution in [2.45, 2.75) is 18.9 Å². The van der Waals surface area contributed by atoms with E-state index in [9.17, 15) is 4.79 Å². The van der Waals surface area contributed by atoms with Crippen LogP contribution in [0.1, 0.15) is 12.8 Å². The van der Waals surface area contributed by atoms with E-state index >= 15 is 0 Å². The summed E-state index contributed by atoms with van der Waals surface area (Å²) in [4.78, 5) is 20.3. The van der Waals surface area contributed by atoms with E-state index in [-0.39, 0.29) is 18.6 Å². The van der Waals surface area contributed by atoms with Crippen molar-refractivity contribution in [2.75, 3.05) is 25.1 Å². The normalized spacial score (nSPS) is 18.0. The van der Waals surface area contributed by atoms with Crippen LogP contribution in [0.4, 0.5) is 5.69 Å².